The zero-order valence-corrected chi connectivity index (χ0v) is 11.6. The topological polar surface area (TPSA) is 23.3 Å². The van der Waals surface area contributed by atoms with Crippen molar-refractivity contribution < 1.29 is 4.74 Å². The van der Waals surface area contributed by atoms with Crippen LogP contribution in [0, 0.1) is 6.92 Å². The minimum atomic E-state index is -0.0341. The average Bonchev–Trinajstić information content (AvgIpc) is 2.65. The van der Waals surface area contributed by atoms with Crippen molar-refractivity contribution in [3.63, 3.8) is 0 Å². The lowest BCUT2D eigenvalue weighted by Crippen LogP contribution is -2.24. The van der Waals surface area contributed by atoms with Gasteiger partial charge in [0.25, 0.3) is 0 Å². The van der Waals surface area contributed by atoms with Crippen LogP contribution in [0.25, 0.3) is 0 Å². The van der Waals surface area contributed by atoms with Crippen LogP contribution in [-0.2, 0) is 6.42 Å². The molecule has 2 aliphatic heterocycles. The van der Waals surface area contributed by atoms with Gasteiger partial charge in [0, 0.05) is 19.5 Å². The van der Waals surface area contributed by atoms with E-state index in [1.54, 1.807) is 0 Å². The van der Waals surface area contributed by atoms with Gasteiger partial charge in [-0.05, 0) is 56.2 Å². The van der Waals surface area contributed by atoms with Crippen LogP contribution in [0.15, 0.2) is 12.1 Å². The monoisotopic (exact) mass is 244 g/mol. The molecule has 2 nitrogen and oxygen atoms in total. The van der Waals surface area contributed by atoms with Crippen molar-refractivity contribution in [2.45, 2.75) is 51.6 Å². The summed E-state index contributed by atoms with van der Waals surface area (Å²) in [4.78, 5) is 0. The molecule has 97 valence electrons. The maximum Gasteiger partial charge on any atom is 0.126 e. The van der Waals surface area contributed by atoms with Crippen molar-refractivity contribution in [3.05, 3.63) is 28.8 Å². The van der Waals surface area contributed by atoms with Gasteiger partial charge in [-0.25, -0.2) is 5.32 Å². The molecule has 0 saturated carbocycles. The van der Waals surface area contributed by atoms with Gasteiger partial charge in [-0.3, -0.25) is 0 Å². The molecule has 1 fully saturated rings. The molecule has 0 amide bonds. The summed E-state index contributed by atoms with van der Waals surface area (Å²) < 4.78 is 6.05. The van der Waals surface area contributed by atoms with E-state index in [1.165, 1.54) is 29.5 Å². The summed E-state index contributed by atoms with van der Waals surface area (Å²) in [6.07, 6.45) is 3.46. The van der Waals surface area contributed by atoms with Crippen LogP contribution >= 0.6 is 0 Å². The largest absolute Gasteiger partial charge is 0.487 e. The van der Waals surface area contributed by atoms with Gasteiger partial charge >= 0.3 is 0 Å². The quantitative estimate of drug-likeness (QED) is 0.744. The molecule has 1 saturated heterocycles. The summed E-state index contributed by atoms with van der Waals surface area (Å²) in [6.45, 7) is 8.58. The zero-order chi connectivity index (χ0) is 12.8. The molecule has 2 heteroatoms. The highest BCUT2D eigenvalue weighted by Gasteiger charge is 2.32. The number of piperidine rings is 1. The van der Waals surface area contributed by atoms with Crippen LogP contribution in [-0.4, -0.2) is 18.7 Å². The summed E-state index contributed by atoms with van der Waals surface area (Å²) >= 11 is 0. The van der Waals surface area contributed by atoms with Crippen molar-refractivity contribution >= 4 is 0 Å². The van der Waals surface area contributed by atoms with Crippen LogP contribution in [0.5, 0.6) is 5.75 Å². The molecule has 0 unspecified atom stereocenters. The van der Waals surface area contributed by atoms with Gasteiger partial charge in [0.05, 0.1) is 0 Å². The molecule has 1 radical (unpaired) electrons. The molecule has 0 atom stereocenters. The first-order valence-corrected chi connectivity index (χ1v) is 7.01. The van der Waals surface area contributed by atoms with Gasteiger partial charge < -0.3 is 4.74 Å². The molecule has 0 aromatic heterocycles. The molecule has 0 spiro atoms. The summed E-state index contributed by atoms with van der Waals surface area (Å²) in [5, 5.41) is 4.45. The van der Waals surface area contributed by atoms with Gasteiger partial charge in [0.15, 0.2) is 0 Å². The smallest absolute Gasteiger partial charge is 0.126 e. The molecular weight excluding hydrogens is 222 g/mol. The fourth-order valence-electron chi connectivity index (χ4n) is 3.25. The predicted molar refractivity (Wildman–Crippen MR) is 73.4 cm³/mol. The first-order chi connectivity index (χ1) is 8.55. The summed E-state index contributed by atoms with van der Waals surface area (Å²) in [5.41, 5.74) is 4.17. The summed E-state index contributed by atoms with van der Waals surface area (Å²) in [6, 6.07) is 4.71. The van der Waals surface area contributed by atoms with Crippen molar-refractivity contribution in [2.75, 3.05) is 13.1 Å². The van der Waals surface area contributed by atoms with Crippen LogP contribution < -0.4 is 10.1 Å². The molecule has 2 heterocycles. The molecule has 1 aromatic carbocycles. The van der Waals surface area contributed by atoms with E-state index < -0.39 is 0 Å². The molecule has 0 N–H and O–H groups in total. The number of aryl methyl sites for hydroxylation is 1. The molecule has 0 aliphatic carbocycles. The fourth-order valence-corrected chi connectivity index (χ4v) is 3.25. The second kappa shape index (κ2) is 4.27. The molecule has 2 aliphatic rings. The first kappa shape index (κ1) is 12.0. The van der Waals surface area contributed by atoms with E-state index in [2.05, 4.69) is 38.2 Å². The maximum absolute atomic E-state index is 6.05. The fraction of sp³-hybridized carbons (Fsp3) is 0.625. The van der Waals surface area contributed by atoms with E-state index in [9.17, 15) is 0 Å². The Morgan fingerprint density at radius 2 is 1.94 bits per heavy atom. The molecule has 1 aromatic rings. The zero-order valence-electron chi connectivity index (χ0n) is 11.6. The molecular formula is C16H22NO. The van der Waals surface area contributed by atoms with Crippen molar-refractivity contribution in [3.8, 4) is 5.75 Å². The van der Waals surface area contributed by atoms with Crippen LogP contribution in [0.1, 0.15) is 49.3 Å². The Morgan fingerprint density at radius 1 is 1.22 bits per heavy atom. The van der Waals surface area contributed by atoms with Crippen molar-refractivity contribution in [2.24, 2.45) is 0 Å². The van der Waals surface area contributed by atoms with E-state index in [0.29, 0.717) is 5.92 Å². The Balaban J connectivity index is 1.93. The van der Waals surface area contributed by atoms with Gasteiger partial charge in [-0.15, -0.1) is 0 Å². The standard InChI is InChI=1S/C16H22NO/c1-11-8-13(12-4-6-17-7-5-12)9-14-10-16(2,3)18-15(11)14/h8-9,12H,4-7,10H2,1-3H3. The Hall–Kier alpha value is -1.02. The van der Waals surface area contributed by atoms with Crippen molar-refractivity contribution in [1.29, 1.82) is 0 Å². The Kier molecular flexibility index (Phi) is 2.86. The Labute approximate surface area is 110 Å². The average molecular weight is 244 g/mol. The number of benzene rings is 1. The first-order valence-electron chi connectivity index (χ1n) is 7.01. The SMILES string of the molecule is Cc1cc(C2CC[N]CC2)cc2c1OC(C)(C)C2. The van der Waals surface area contributed by atoms with Gasteiger partial charge in [0.1, 0.15) is 11.4 Å². The van der Waals surface area contributed by atoms with Crippen LogP contribution in [0.4, 0.5) is 0 Å². The predicted octanol–water partition coefficient (Wildman–Crippen LogP) is 3.19. The lowest BCUT2D eigenvalue weighted by molar-refractivity contribution is 0.137. The molecule has 0 bridgehead atoms. The third kappa shape index (κ3) is 2.14. The highest BCUT2D eigenvalue weighted by molar-refractivity contribution is 5.48. The minimum Gasteiger partial charge on any atom is -0.487 e. The number of hydrogen-bond donors (Lipinski definition) is 0. The van der Waals surface area contributed by atoms with E-state index in [0.717, 1.165) is 25.3 Å². The van der Waals surface area contributed by atoms with Gasteiger partial charge in [-0.2, -0.15) is 0 Å². The number of rotatable bonds is 1. The van der Waals surface area contributed by atoms with Crippen LogP contribution in [0.2, 0.25) is 0 Å². The second-order valence-electron chi connectivity index (χ2n) is 6.31. The summed E-state index contributed by atoms with van der Waals surface area (Å²) in [7, 11) is 0. The second-order valence-corrected chi connectivity index (χ2v) is 6.31. The normalized spacial score (nSPS) is 22.6. The maximum atomic E-state index is 6.05. The summed E-state index contributed by atoms with van der Waals surface area (Å²) in [5.74, 6) is 1.83. The van der Waals surface area contributed by atoms with E-state index >= 15 is 0 Å². The van der Waals surface area contributed by atoms with E-state index in [-0.39, 0.29) is 5.60 Å². The number of fused-ring (bicyclic) bond motifs is 1. The van der Waals surface area contributed by atoms with Gasteiger partial charge in [-0.1, -0.05) is 12.1 Å². The Bertz CT molecular complexity index is 458. The Morgan fingerprint density at radius 3 is 2.67 bits per heavy atom. The lowest BCUT2D eigenvalue weighted by atomic mass is 9.87. The van der Waals surface area contributed by atoms with E-state index in [4.69, 9.17) is 4.74 Å². The highest BCUT2D eigenvalue weighted by Crippen LogP contribution is 2.40. The van der Waals surface area contributed by atoms with Gasteiger partial charge in [0.2, 0.25) is 0 Å². The lowest BCUT2D eigenvalue weighted by Gasteiger charge is -2.23. The number of ether oxygens (including phenoxy) is 1. The molecule has 3 rings (SSSR count). The van der Waals surface area contributed by atoms with Crippen LogP contribution in [0.3, 0.4) is 0 Å². The third-order valence-corrected chi connectivity index (χ3v) is 4.11. The number of nitrogens with zero attached hydrogens (tertiary/aromatic N) is 1. The number of hydrogen-bond acceptors (Lipinski definition) is 1. The van der Waals surface area contributed by atoms with E-state index in [1.807, 2.05) is 0 Å². The minimum absolute atomic E-state index is 0.0341. The molecule has 18 heavy (non-hydrogen) atoms. The highest BCUT2D eigenvalue weighted by atomic mass is 16.5. The third-order valence-electron chi connectivity index (χ3n) is 4.11. The van der Waals surface area contributed by atoms with Crippen molar-refractivity contribution in [1.82, 2.24) is 5.32 Å².